The molecule has 2 aliphatic rings. The molecule has 10 heteroatoms. The van der Waals surface area contributed by atoms with Crippen LogP contribution in [0.2, 0.25) is 0 Å². The Bertz CT molecular complexity index is 780. The Hall–Kier alpha value is -0.950. The summed E-state index contributed by atoms with van der Waals surface area (Å²) in [6.07, 6.45) is 1.14. The number of hydrogen-bond acceptors (Lipinski definition) is 5. The van der Waals surface area contributed by atoms with Crippen LogP contribution >= 0.6 is 24.0 Å². The molecule has 1 atom stereocenters. The van der Waals surface area contributed by atoms with E-state index in [2.05, 4.69) is 20.1 Å². The lowest BCUT2D eigenvalue weighted by Gasteiger charge is -2.32. The molecule has 0 spiro atoms. The number of guanidine groups is 1. The van der Waals surface area contributed by atoms with Crippen molar-refractivity contribution in [1.29, 1.82) is 0 Å². The summed E-state index contributed by atoms with van der Waals surface area (Å²) in [5.74, 6) is 0.890. The van der Waals surface area contributed by atoms with Gasteiger partial charge in [-0.15, -0.1) is 24.0 Å². The van der Waals surface area contributed by atoms with Gasteiger partial charge in [-0.25, -0.2) is 12.7 Å². The van der Waals surface area contributed by atoms with Crippen molar-refractivity contribution in [1.82, 2.24) is 19.4 Å². The molecule has 2 aliphatic heterocycles. The van der Waals surface area contributed by atoms with Crippen LogP contribution in [0.3, 0.4) is 0 Å². The van der Waals surface area contributed by atoms with E-state index in [-0.39, 0.29) is 24.0 Å². The van der Waals surface area contributed by atoms with E-state index in [0.717, 1.165) is 57.3 Å². The van der Waals surface area contributed by atoms with E-state index < -0.39 is 10.0 Å². The number of aliphatic imine (C=N–C) groups is 1. The summed E-state index contributed by atoms with van der Waals surface area (Å²) in [4.78, 5) is 9.55. The first-order valence-electron chi connectivity index (χ1n) is 9.70. The first-order chi connectivity index (χ1) is 13.4. The fraction of sp³-hybridized carbons (Fsp3) is 0.632. The number of sulfonamides is 1. The van der Waals surface area contributed by atoms with E-state index in [1.807, 2.05) is 12.1 Å². The summed E-state index contributed by atoms with van der Waals surface area (Å²) >= 11 is 0. The second-order valence-corrected chi connectivity index (χ2v) is 9.52. The number of likely N-dealkylation sites (tertiary alicyclic amines) is 1. The van der Waals surface area contributed by atoms with E-state index in [0.29, 0.717) is 17.5 Å². The van der Waals surface area contributed by atoms with Gasteiger partial charge in [0.05, 0.1) is 18.1 Å². The first kappa shape index (κ1) is 24.3. The highest BCUT2D eigenvalue weighted by Crippen LogP contribution is 2.18. The molecule has 1 unspecified atom stereocenters. The molecule has 0 aliphatic carbocycles. The Balaban J connectivity index is 0.00000300. The molecular weight excluding hydrogens is 505 g/mol. The number of hydrogen-bond donors (Lipinski definition) is 1. The standard InChI is InChI=1S/C19H31N5O3S.HI/c1-20-19(24-9-8-17(15-24)23-10-12-27-13-11-23)21-14-16-4-6-18(7-5-16)28(25,26)22(2)3;/h4-7,17H,8-15H2,1-3H3,(H,20,21);1H. The molecule has 2 heterocycles. The smallest absolute Gasteiger partial charge is 0.242 e. The quantitative estimate of drug-likeness (QED) is 0.344. The molecule has 0 bridgehead atoms. The molecule has 1 aromatic carbocycles. The minimum Gasteiger partial charge on any atom is -0.379 e. The van der Waals surface area contributed by atoms with Crippen LogP contribution in [0, 0.1) is 0 Å². The minimum atomic E-state index is -3.39. The van der Waals surface area contributed by atoms with Crippen molar-refractivity contribution in [2.45, 2.75) is 23.9 Å². The summed E-state index contributed by atoms with van der Waals surface area (Å²) in [6.45, 7) is 6.22. The van der Waals surface area contributed by atoms with Gasteiger partial charge in [-0.3, -0.25) is 9.89 Å². The van der Waals surface area contributed by atoms with E-state index in [1.165, 1.54) is 18.4 Å². The average molecular weight is 537 g/mol. The summed E-state index contributed by atoms with van der Waals surface area (Å²) in [7, 11) is 1.48. The predicted molar refractivity (Wildman–Crippen MR) is 125 cm³/mol. The fourth-order valence-corrected chi connectivity index (χ4v) is 4.58. The van der Waals surface area contributed by atoms with Crippen molar-refractivity contribution in [3.63, 3.8) is 0 Å². The third kappa shape index (κ3) is 6.03. The molecule has 1 aromatic rings. The van der Waals surface area contributed by atoms with Gasteiger partial charge in [0, 0.05) is 59.9 Å². The van der Waals surface area contributed by atoms with Crippen LogP contribution in [0.15, 0.2) is 34.2 Å². The van der Waals surface area contributed by atoms with Crippen molar-refractivity contribution < 1.29 is 13.2 Å². The topological polar surface area (TPSA) is 77.5 Å². The maximum absolute atomic E-state index is 12.2. The Labute approximate surface area is 191 Å². The second kappa shape index (κ2) is 10.9. The van der Waals surface area contributed by atoms with Crippen molar-refractivity contribution in [3.8, 4) is 0 Å². The highest BCUT2D eigenvalue weighted by Gasteiger charge is 2.30. The number of nitrogens with one attached hydrogen (secondary N) is 1. The van der Waals surface area contributed by atoms with Gasteiger partial charge in [0.15, 0.2) is 5.96 Å². The maximum atomic E-state index is 12.2. The van der Waals surface area contributed by atoms with Gasteiger partial charge in [0.2, 0.25) is 10.0 Å². The van der Waals surface area contributed by atoms with Crippen molar-refractivity contribution in [3.05, 3.63) is 29.8 Å². The van der Waals surface area contributed by atoms with Crippen LogP contribution in [0.4, 0.5) is 0 Å². The molecule has 0 amide bonds. The Kier molecular flexibility index (Phi) is 9.14. The zero-order valence-corrected chi connectivity index (χ0v) is 20.5. The Morgan fingerprint density at radius 3 is 2.45 bits per heavy atom. The number of morpholine rings is 1. The molecule has 8 nitrogen and oxygen atoms in total. The molecule has 164 valence electrons. The molecule has 29 heavy (non-hydrogen) atoms. The molecule has 2 fully saturated rings. The van der Waals surface area contributed by atoms with E-state index in [4.69, 9.17) is 4.74 Å². The van der Waals surface area contributed by atoms with Crippen LogP contribution in [-0.2, 0) is 21.3 Å². The van der Waals surface area contributed by atoms with Gasteiger partial charge in [0.1, 0.15) is 0 Å². The van der Waals surface area contributed by atoms with Gasteiger partial charge in [-0.05, 0) is 24.1 Å². The summed E-state index contributed by atoms with van der Waals surface area (Å²) < 4.78 is 31.0. The van der Waals surface area contributed by atoms with Crippen molar-refractivity contribution in [2.75, 3.05) is 60.5 Å². The fourth-order valence-electron chi connectivity index (χ4n) is 3.68. The Morgan fingerprint density at radius 1 is 1.21 bits per heavy atom. The van der Waals surface area contributed by atoms with Crippen LogP contribution in [-0.4, -0.2) is 95.1 Å². The molecular formula is C19H32IN5O3S. The zero-order chi connectivity index (χ0) is 20.1. The molecule has 0 aromatic heterocycles. The first-order valence-corrected chi connectivity index (χ1v) is 11.1. The third-order valence-electron chi connectivity index (χ3n) is 5.39. The van der Waals surface area contributed by atoms with Crippen LogP contribution in [0.5, 0.6) is 0 Å². The van der Waals surface area contributed by atoms with Gasteiger partial charge in [0.25, 0.3) is 0 Å². The summed E-state index contributed by atoms with van der Waals surface area (Å²) in [6, 6.07) is 7.55. The highest BCUT2D eigenvalue weighted by atomic mass is 127. The maximum Gasteiger partial charge on any atom is 0.242 e. The third-order valence-corrected chi connectivity index (χ3v) is 7.22. The number of rotatable bonds is 5. The lowest BCUT2D eigenvalue weighted by atomic mass is 10.2. The van der Waals surface area contributed by atoms with Gasteiger partial charge in [-0.1, -0.05) is 12.1 Å². The number of ether oxygens (including phenoxy) is 1. The number of benzene rings is 1. The monoisotopic (exact) mass is 537 g/mol. The molecule has 1 N–H and O–H groups in total. The normalized spacial score (nSPS) is 21.3. The van der Waals surface area contributed by atoms with Crippen LogP contribution in [0.1, 0.15) is 12.0 Å². The summed E-state index contributed by atoms with van der Waals surface area (Å²) in [5.41, 5.74) is 1.02. The van der Waals surface area contributed by atoms with E-state index in [9.17, 15) is 8.42 Å². The SMILES string of the molecule is CN=C(NCc1ccc(S(=O)(=O)N(C)C)cc1)N1CCC(N2CCOCC2)C1.I. The minimum absolute atomic E-state index is 0. The zero-order valence-electron chi connectivity index (χ0n) is 17.4. The number of nitrogens with zero attached hydrogens (tertiary/aromatic N) is 4. The second-order valence-electron chi connectivity index (χ2n) is 7.37. The lowest BCUT2D eigenvalue weighted by Crippen LogP contribution is -2.46. The van der Waals surface area contributed by atoms with E-state index in [1.54, 1.807) is 19.2 Å². The lowest BCUT2D eigenvalue weighted by molar-refractivity contribution is 0.0195. The molecule has 2 saturated heterocycles. The van der Waals surface area contributed by atoms with Gasteiger partial charge < -0.3 is 15.0 Å². The van der Waals surface area contributed by atoms with Crippen LogP contribution < -0.4 is 5.32 Å². The average Bonchev–Trinajstić information content (AvgIpc) is 3.19. The predicted octanol–water partition coefficient (Wildman–Crippen LogP) is 1.04. The van der Waals surface area contributed by atoms with Gasteiger partial charge >= 0.3 is 0 Å². The summed E-state index contributed by atoms with van der Waals surface area (Å²) in [5, 5.41) is 3.40. The molecule has 0 saturated carbocycles. The largest absolute Gasteiger partial charge is 0.379 e. The molecule has 3 rings (SSSR count). The van der Waals surface area contributed by atoms with Crippen LogP contribution in [0.25, 0.3) is 0 Å². The molecule has 0 radical (unpaired) electrons. The van der Waals surface area contributed by atoms with E-state index >= 15 is 0 Å². The Morgan fingerprint density at radius 2 is 1.86 bits per heavy atom. The van der Waals surface area contributed by atoms with Gasteiger partial charge in [-0.2, -0.15) is 0 Å². The van der Waals surface area contributed by atoms with Crippen molar-refractivity contribution >= 4 is 40.0 Å². The van der Waals surface area contributed by atoms with Crippen molar-refractivity contribution in [2.24, 2.45) is 4.99 Å². The highest BCUT2D eigenvalue weighted by molar-refractivity contribution is 14.0. The number of halogens is 1.